The SMILES string of the molecule is Cc1ccc(OCc2nc(CC(=O)Nc3cc(C(=O)NCC(F)(F)F)ccc3C)cs2)cc1. The van der Waals surface area contributed by atoms with Gasteiger partial charge in [0, 0.05) is 16.6 Å². The van der Waals surface area contributed by atoms with Crippen molar-refractivity contribution in [1.29, 1.82) is 0 Å². The summed E-state index contributed by atoms with van der Waals surface area (Å²) in [6, 6.07) is 11.9. The maximum Gasteiger partial charge on any atom is 0.405 e. The summed E-state index contributed by atoms with van der Waals surface area (Å²) in [5, 5.41) is 6.99. The lowest BCUT2D eigenvalue weighted by Gasteiger charge is -2.12. The number of nitrogens with zero attached hydrogens (tertiary/aromatic N) is 1. The number of anilines is 1. The molecule has 0 fully saturated rings. The highest BCUT2D eigenvalue weighted by atomic mass is 32.1. The molecule has 6 nitrogen and oxygen atoms in total. The van der Waals surface area contributed by atoms with E-state index in [-0.39, 0.29) is 24.5 Å². The second-order valence-electron chi connectivity index (χ2n) is 7.39. The summed E-state index contributed by atoms with van der Waals surface area (Å²) in [5.74, 6) is -0.507. The normalized spacial score (nSPS) is 11.2. The van der Waals surface area contributed by atoms with E-state index in [1.165, 1.54) is 23.5 Å². The van der Waals surface area contributed by atoms with E-state index in [2.05, 4.69) is 10.3 Å². The first kappa shape index (κ1) is 24.2. The minimum atomic E-state index is -4.50. The van der Waals surface area contributed by atoms with Gasteiger partial charge in [-0.1, -0.05) is 23.8 Å². The fourth-order valence-electron chi connectivity index (χ4n) is 2.82. The van der Waals surface area contributed by atoms with Crippen molar-refractivity contribution in [3.63, 3.8) is 0 Å². The third-order valence-corrected chi connectivity index (χ3v) is 5.42. The molecule has 1 heterocycles. The lowest BCUT2D eigenvalue weighted by Crippen LogP contribution is -2.33. The topological polar surface area (TPSA) is 80.3 Å². The van der Waals surface area contributed by atoms with E-state index in [1.807, 2.05) is 36.5 Å². The monoisotopic (exact) mass is 477 g/mol. The van der Waals surface area contributed by atoms with E-state index in [1.54, 1.807) is 18.4 Å². The number of hydrogen-bond donors (Lipinski definition) is 2. The lowest BCUT2D eigenvalue weighted by atomic mass is 10.1. The molecule has 3 aromatic rings. The molecule has 33 heavy (non-hydrogen) atoms. The average molecular weight is 478 g/mol. The molecule has 0 radical (unpaired) electrons. The van der Waals surface area contributed by atoms with Crippen molar-refractivity contribution < 1.29 is 27.5 Å². The van der Waals surface area contributed by atoms with Crippen molar-refractivity contribution in [1.82, 2.24) is 10.3 Å². The molecule has 0 spiro atoms. The first-order valence-electron chi connectivity index (χ1n) is 9.97. The van der Waals surface area contributed by atoms with Crippen LogP contribution in [0.15, 0.2) is 47.8 Å². The summed E-state index contributed by atoms with van der Waals surface area (Å²) in [6.07, 6.45) is -4.50. The summed E-state index contributed by atoms with van der Waals surface area (Å²) in [7, 11) is 0. The van der Waals surface area contributed by atoms with Gasteiger partial charge in [0.15, 0.2) is 0 Å². The number of carbonyl (C=O) groups is 2. The van der Waals surface area contributed by atoms with E-state index in [0.717, 1.165) is 16.3 Å². The van der Waals surface area contributed by atoms with Gasteiger partial charge in [0.25, 0.3) is 5.91 Å². The van der Waals surface area contributed by atoms with Gasteiger partial charge in [0.1, 0.15) is 23.9 Å². The van der Waals surface area contributed by atoms with Gasteiger partial charge in [0.2, 0.25) is 5.91 Å². The Kier molecular flexibility index (Phi) is 7.70. The van der Waals surface area contributed by atoms with Crippen LogP contribution in [0.25, 0.3) is 0 Å². The number of thiazole rings is 1. The Morgan fingerprint density at radius 3 is 2.52 bits per heavy atom. The first-order chi connectivity index (χ1) is 15.6. The summed E-state index contributed by atoms with van der Waals surface area (Å²) in [4.78, 5) is 28.8. The Balaban J connectivity index is 1.56. The van der Waals surface area contributed by atoms with Gasteiger partial charge in [-0.3, -0.25) is 9.59 Å². The second-order valence-corrected chi connectivity index (χ2v) is 8.33. The highest BCUT2D eigenvalue weighted by molar-refractivity contribution is 7.09. The molecule has 0 bridgehead atoms. The zero-order valence-corrected chi connectivity index (χ0v) is 18.8. The Bertz CT molecular complexity index is 1130. The summed E-state index contributed by atoms with van der Waals surface area (Å²) >= 11 is 1.38. The highest BCUT2D eigenvalue weighted by Crippen LogP contribution is 2.20. The van der Waals surface area contributed by atoms with Crippen molar-refractivity contribution in [3.8, 4) is 5.75 Å². The van der Waals surface area contributed by atoms with Crippen molar-refractivity contribution >= 4 is 28.8 Å². The molecule has 2 aromatic carbocycles. The molecule has 1 aromatic heterocycles. The summed E-state index contributed by atoms with van der Waals surface area (Å²) in [5.41, 5.74) is 2.73. The minimum absolute atomic E-state index is 0.00493. The van der Waals surface area contributed by atoms with Crippen LogP contribution in [0.1, 0.15) is 32.2 Å². The fraction of sp³-hybridized carbons (Fsp3) is 0.261. The van der Waals surface area contributed by atoms with E-state index < -0.39 is 18.6 Å². The predicted molar refractivity (Wildman–Crippen MR) is 120 cm³/mol. The Morgan fingerprint density at radius 2 is 1.82 bits per heavy atom. The van der Waals surface area contributed by atoms with Crippen LogP contribution in [0.3, 0.4) is 0 Å². The molecular formula is C23H22F3N3O3S. The second kappa shape index (κ2) is 10.5. The summed E-state index contributed by atoms with van der Waals surface area (Å²) < 4.78 is 42.7. The van der Waals surface area contributed by atoms with Crippen LogP contribution in [0.4, 0.5) is 18.9 Å². The number of halogens is 3. The maximum absolute atomic E-state index is 12.5. The number of amides is 2. The Hall–Kier alpha value is -3.40. The number of aryl methyl sites for hydroxylation is 2. The molecule has 2 N–H and O–H groups in total. The lowest BCUT2D eigenvalue weighted by molar-refractivity contribution is -0.123. The third-order valence-electron chi connectivity index (χ3n) is 4.55. The molecular weight excluding hydrogens is 455 g/mol. The van der Waals surface area contributed by atoms with Crippen LogP contribution in [-0.4, -0.2) is 29.5 Å². The number of rotatable bonds is 8. The molecule has 0 aliphatic carbocycles. The van der Waals surface area contributed by atoms with Crippen molar-refractivity contribution in [2.24, 2.45) is 0 Å². The van der Waals surface area contributed by atoms with E-state index >= 15 is 0 Å². The largest absolute Gasteiger partial charge is 0.486 e. The molecule has 0 saturated carbocycles. The Morgan fingerprint density at radius 1 is 1.09 bits per heavy atom. The molecule has 0 aliphatic heterocycles. The van der Waals surface area contributed by atoms with Crippen LogP contribution < -0.4 is 15.4 Å². The zero-order valence-electron chi connectivity index (χ0n) is 18.0. The number of nitrogens with one attached hydrogen (secondary N) is 2. The number of hydrogen-bond acceptors (Lipinski definition) is 5. The number of ether oxygens (including phenoxy) is 1. The van der Waals surface area contributed by atoms with Crippen LogP contribution in [0.5, 0.6) is 5.75 Å². The van der Waals surface area contributed by atoms with Crippen LogP contribution in [0, 0.1) is 13.8 Å². The maximum atomic E-state index is 12.5. The molecule has 2 amide bonds. The molecule has 3 rings (SSSR count). The number of alkyl halides is 3. The van der Waals surface area contributed by atoms with E-state index in [4.69, 9.17) is 4.74 Å². The van der Waals surface area contributed by atoms with E-state index in [0.29, 0.717) is 16.9 Å². The molecule has 0 saturated heterocycles. The van der Waals surface area contributed by atoms with Crippen molar-refractivity contribution in [2.45, 2.75) is 33.1 Å². The quantitative estimate of drug-likeness (QED) is 0.488. The Labute approximate surface area is 192 Å². The smallest absolute Gasteiger partial charge is 0.405 e. The average Bonchev–Trinajstić information content (AvgIpc) is 3.19. The number of carbonyl (C=O) groups excluding carboxylic acids is 2. The van der Waals surface area contributed by atoms with Gasteiger partial charge in [0.05, 0.1) is 12.1 Å². The van der Waals surface area contributed by atoms with Gasteiger partial charge in [-0.25, -0.2) is 4.98 Å². The standard InChI is InChI=1S/C23H22F3N3O3S/c1-14-3-7-18(8-4-14)32-11-21-28-17(12-33-21)10-20(30)29-19-9-16(6-5-15(19)2)22(31)27-13-23(24,25)26/h3-9,12H,10-11,13H2,1-2H3,(H,27,31)(H,29,30). The fourth-order valence-corrected chi connectivity index (χ4v) is 3.52. The van der Waals surface area contributed by atoms with Crippen molar-refractivity contribution in [3.05, 3.63) is 75.2 Å². The molecule has 10 heteroatoms. The highest BCUT2D eigenvalue weighted by Gasteiger charge is 2.28. The van der Waals surface area contributed by atoms with Crippen molar-refractivity contribution in [2.75, 3.05) is 11.9 Å². The first-order valence-corrected chi connectivity index (χ1v) is 10.9. The van der Waals surface area contributed by atoms with Gasteiger partial charge < -0.3 is 15.4 Å². The van der Waals surface area contributed by atoms with Gasteiger partial charge in [-0.2, -0.15) is 13.2 Å². The van der Waals surface area contributed by atoms with Gasteiger partial charge >= 0.3 is 6.18 Å². The molecule has 0 atom stereocenters. The zero-order chi connectivity index (χ0) is 24.0. The van der Waals surface area contributed by atoms with Gasteiger partial charge in [-0.05, 0) is 43.7 Å². The summed E-state index contributed by atoms with van der Waals surface area (Å²) in [6.45, 7) is 2.56. The molecule has 0 unspecified atom stereocenters. The van der Waals surface area contributed by atoms with Crippen LogP contribution in [-0.2, 0) is 17.8 Å². The van der Waals surface area contributed by atoms with Gasteiger partial charge in [-0.15, -0.1) is 11.3 Å². The molecule has 174 valence electrons. The van der Waals surface area contributed by atoms with E-state index in [9.17, 15) is 22.8 Å². The molecule has 0 aliphatic rings. The predicted octanol–water partition coefficient (Wildman–Crippen LogP) is 4.81. The third kappa shape index (κ3) is 7.60. The van der Waals surface area contributed by atoms with Crippen LogP contribution >= 0.6 is 11.3 Å². The van der Waals surface area contributed by atoms with Crippen LogP contribution in [0.2, 0.25) is 0 Å². The number of aromatic nitrogens is 1. The minimum Gasteiger partial charge on any atom is -0.486 e. The number of benzene rings is 2.